The number of carbonyl (C=O) groups is 2. The van der Waals surface area contributed by atoms with Gasteiger partial charge in [0.2, 0.25) is 0 Å². The zero-order valence-corrected chi connectivity index (χ0v) is 15.5. The highest BCUT2D eigenvalue weighted by Gasteiger charge is 2.26. The molecule has 0 spiro atoms. The Morgan fingerprint density at radius 3 is 0.909 bits per heavy atom. The normalized spacial score (nSPS) is 21.4. The van der Waals surface area contributed by atoms with Gasteiger partial charge in [-0.1, -0.05) is 79.1 Å². The molecule has 4 heteroatoms. The SMILES string of the molecule is C1CCC2CCCCC2C1.CC.CC.CC(=O)O.CC(=O)O. The first-order chi connectivity index (χ1) is 10.4. The average molecular weight is 318 g/mol. The molecule has 0 unspecified atom stereocenters. The predicted octanol–water partition coefficient (Wildman–Crippen LogP) is 5.60. The predicted molar refractivity (Wildman–Crippen MR) is 93.2 cm³/mol. The minimum Gasteiger partial charge on any atom is -0.481 e. The van der Waals surface area contributed by atoms with E-state index in [4.69, 9.17) is 19.8 Å². The summed E-state index contributed by atoms with van der Waals surface area (Å²) in [5.41, 5.74) is 0. The highest BCUT2D eigenvalue weighted by atomic mass is 16.4. The molecule has 0 bridgehead atoms. The minimum absolute atomic E-state index is 0.833. The maximum absolute atomic E-state index is 9.00. The van der Waals surface area contributed by atoms with Crippen molar-refractivity contribution >= 4 is 11.9 Å². The van der Waals surface area contributed by atoms with Gasteiger partial charge in [-0.05, 0) is 11.8 Å². The van der Waals surface area contributed by atoms with Crippen molar-refractivity contribution in [1.82, 2.24) is 0 Å². The van der Waals surface area contributed by atoms with Crippen LogP contribution in [0, 0.1) is 11.8 Å². The van der Waals surface area contributed by atoms with E-state index in [9.17, 15) is 0 Å². The van der Waals surface area contributed by atoms with Crippen LogP contribution < -0.4 is 0 Å². The lowest BCUT2D eigenvalue weighted by atomic mass is 9.71. The molecule has 22 heavy (non-hydrogen) atoms. The topological polar surface area (TPSA) is 74.6 Å². The van der Waals surface area contributed by atoms with Gasteiger partial charge in [-0.15, -0.1) is 0 Å². The molecule has 0 heterocycles. The maximum atomic E-state index is 9.00. The first kappa shape index (κ1) is 25.9. The van der Waals surface area contributed by atoms with E-state index >= 15 is 0 Å². The lowest BCUT2D eigenvalue weighted by molar-refractivity contribution is -0.135. The van der Waals surface area contributed by atoms with E-state index in [0.717, 1.165) is 25.7 Å². The van der Waals surface area contributed by atoms with Crippen molar-refractivity contribution in [2.45, 2.75) is 92.9 Å². The van der Waals surface area contributed by atoms with Gasteiger partial charge in [-0.2, -0.15) is 0 Å². The maximum Gasteiger partial charge on any atom is 0.300 e. The van der Waals surface area contributed by atoms with Crippen LogP contribution in [0.15, 0.2) is 0 Å². The third-order valence-electron chi connectivity index (χ3n) is 3.47. The molecule has 2 N–H and O–H groups in total. The number of carboxylic acid groups (broad SMARTS) is 2. The molecule has 2 aliphatic rings. The third-order valence-corrected chi connectivity index (χ3v) is 3.47. The summed E-state index contributed by atoms with van der Waals surface area (Å²) in [6.07, 6.45) is 12.4. The van der Waals surface area contributed by atoms with Crippen molar-refractivity contribution < 1.29 is 19.8 Å². The van der Waals surface area contributed by atoms with Gasteiger partial charge in [-0.25, -0.2) is 0 Å². The Hall–Kier alpha value is -1.06. The summed E-state index contributed by atoms with van der Waals surface area (Å²) in [5.74, 6) is 0.644. The van der Waals surface area contributed by atoms with Gasteiger partial charge < -0.3 is 10.2 Å². The molecule has 0 aromatic carbocycles. The van der Waals surface area contributed by atoms with E-state index in [1.807, 2.05) is 27.7 Å². The van der Waals surface area contributed by atoms with E-state index < -0.39 is 11.9 Å². The molecule has 134 valence electrons. The Morgan fingerprint density at radius 1 is 0.636 bits per heavy atom. The van der Waals surface area contributed by atoms with Gasteiger partial charge in [0.05, 0.1) is 0 Å². The zero-order chi connectivity index (χ0) is 18.0. The minimum atomic E-state index is -0.833. The summed E-state index contributed by atoms with van der Waals surface area (Å²) in [7, 11) is 0. The van der Waals surface area contributed by atoms with Crippen molar-refractivity contribution in [2.24, 2.45) is 11.8 Å². The summed E-state index contributed by atoms with van der Waals surface area (Å²) >= 11 is 0. The molecule has 0 aromatic rings. The second-order valence-corrected chi connectivity index (χ2v) is 5.13. The largest absolute Gasteiger partial charge is 0.481 e. The molecule has 4 nitrogen and oxygen atoms in total. The Bertz CT molecular complexity index is 205. The summed E-state index contributed by atoms with van der Waals surface area (Å²) in [4.78, 5) is 18.0. The molecule has 2 saturated carbocycles. The number of hydrogen-bond donors (Lipinski definition) is 2. The van der Waals surface area contributed by atoms with E-state index in [0.29, 0.717) is 0 Å². The standard InChI is InChI=1S/C10H18.2C2H4O2.2C2H6/c1-2-6-10-8-4-3-7-9(10)5-1;2*1-2(3)4;2*1-2/h9-10H,1-8H2;2*1H3,(H,3,4);2*1-2H3. The molecule has 0 atom stereocenters. The van der Waals surface area contributed by atoms with Crippen LogP contribution in [0.3, 0.4) is 0 Å². The van der Waals surface area contributed by atoms with Crippen LogP contribution in [0.5, 0.6) is 0 Å². The highest BCUT2D eigenvalue weighted by Crippen LogP contribution is 2.39. The summed E-state index contributed by atoms with van der Waals surface area (Å²) < 4.78 is 0. The summed E-state index contributed by atoms with van der Waals surface area (Å²) in [6.45, 7) is 10.2. The number of rotatable bonds is 0. The Labute approximate surface area is 137 Å². The van der Waals surface area contributed by atoms with Gasteiger partial charge >= 0.3 is 0 Å². The molecule has 0 aliphatic heterocycles. The first-order valence-electron chi connectivity index (χ1n) is 8.82. The van der Waals surface area contributed by atoms with Crippen molar-refractivity contribution in [3.63, 3.8) is 0 Å². The first-order valence-corrected chi connectivity index (χ1v) is 8.82. The average Bonchev–Trinajstić information content (AvgIpc) is 2.50. The molecule has 2 fully saturated rings. The Balaban J connectivity index is -0.000000256. The van der Waals surface area contributed by atoms with Crippen LogP contribution in [0.25, 0.3) is 0 Å². The number of aliphatic carboxylic acids is 2. The Morgan fingerprint density at radius 2 is 0.773 bits per heavy atom. The van der Waals surface area contributed by atoms with Gasteiger partial charge in [0, 0.05) is 13.8 Å². The molecule has 2 aliphatic carbocycles. The second kappa shape index (κ2) is 19.9. The summed E-state index contributed by atoms with van der Waals surface area (Å²) in [5, 5.41) is 14.8. The van der Waals surface area contributed by atoms with Crippen LogP contribution in [-0.2, 0) is 9.59 Å². The smallest absolute Gasteiger partial charge is 0.300 e. The van der Waals surface area contributed by atoms with Crippen LogP contribution in [0.2, 0.25) is 0 Å². The molecule has 0 aromatic heterocycles. The molecule has 2 rings (SSSR count). The van der Waals surface area contributed by atoms with Crippen molar-refractivity contribution in [1.29, 1.82) is 0 Å². The zero-order valence-electron chi connectivity index (χ0n) is 15.5. The van der Waals surface area contributed by atoms with Gasteiger partial charge in [0.25, 0.3) is 11.9 Å². The molecule has 0 amide bonds. The van der Waals surface area contributed by atoms with Gasteiger partial charge in [0.15, 0.2) is 0 Å². The monoisotopic (exact) mass is 318 g/mol. The van der Waals surface area contributed by atoms with Gasteiger partial charge in [0.1, 0.15) is 0 Å². The second-order valence-electron chi connectivity index (χ2n) is 5.13. The van der Waals surface area contributed by atoms with Crippen LogP contribution in [0.1, 0.15) is 92.9 Å². The lowest BCUT2D eigenvalue weighted by Gasteiger charge is -2.35. The fourth-order valence-electron chi connectivity index (χ4n) is 2.86. The van der Waals surface area contributed by atoms with E-state index in [1.54, 1.807) is 25.7 Å². The number of carboxylic acids is 2. The molecule has 0 saturated heterocycles. The quantitative estimate of drug-likeness (QED) is 0.609. The fraction of sp³-hybridized carbons (Fsp3) is 0.889. The third kappa shape index (κ3) is 21.2. The van der Waals surface area contributed by atoms with Crippen LogP contribution in [-0.4, -0.2) is 22.2 Å². The van der Waals surface area contributed by atoms with Gasteiger partial charge in [-0.3, -0.25) is 9.59 Å². The number of hydrogen-bond acceptors (Lipinski definition) is 2. The van der Waals surface area contributed by atoms with E-state index in [-0.39, 0.29) is 0 Å². The molecular formula is C18H38O4. The Kier molecular flexibility index (Phi) is 23.4. The van der Waals surface area contributed by atoms with Crippen LogP contribution in [0.4, 0.5) is 0 Å². The van der Waals surface area contributed by atoms with Crippen molar-refractivity contribution in [2.75, 3.05) is 0 Å². The highest BCUT2D eigenvalue weighted by molar-refractivity contribution is 5.63. The molecule has 0 radical (unpaired) electrons. The molecular weight excluding hydrogens is 280 g/mol. The lowest BCUT2D eigenvalue weighted by Crippen LogP contribution is -2.22. The number of fused-ring (bicyclic) bond motifs is 1. The van der Waals surface area contributed by atoms with E-state index in [1.165, 1.54) is 25.7 Å². The van der Waals surface area contributed by atoms with Crippen LogP contribution >= 0.6 is 0 Å². The van der Waals surface area contributed by atoms with Crippen molar-refractivity contribution in [3.8, 4) is 0 Å². The van der Waals surface area contributed by atoms with E-state index in [2.05, 4.69) is 0 Å². The fourth-order valence-corrected chi connectivity index (χ4v) is 2.86. The summed E-state index contributed by atoms with van der Waals surface area (Å²) in [6, 6.07) is 0. The van der Waals surface area contributed by atoms with Crippen molar-refractivity contribution in [3.05, 3.63) is 0 Å².